The van der Waals surface area contributed by atoms with E-state index in [1.54, 1.807) is 6.07 Å². The Bertz CT molecular complexity index is 610. The average Bonchev–Trinajstić information content (AvgIpc) is 2.50. The molecule has 3 rings (SSSR count). The molecule has 21 heavy (non-hydrogen) atoms. The SMILES string of the molecule is Fc1cc(N2CCN(Cc3ccccc3F)CC2)ccn1. The van der Waals surface area contributed by atoms with Crippen molar-refractivity contribution in [3.8, 4) is 0 Å². The van der Waals surface area contributed by atoms with Crippen LogP contribution in [0.25, 0.3) is 0 Å². The van der Waals surface area contributed by atoms with Crippen LogP contribution in [0.3, 0.4) is 0 Å². The van der Waals surface area contributed by atoms with Crippen LogP contribution in [0.15, 0.2) is 42.6 Å². The second-order valence-electron chi connectivity index (χ2n) is 5.19. The molecule has 1 aromatic carbocycles. The number of rotatable bonds is 3. The van der Waals surface area contributed by atoms with Gasteiger partial charge in [-0.3, -0.25) is 4.90 Å². The van der Waals surface area contributed by atoms with E-state index in [9.17, 15) is 8.78 Å². The molecule has 1 aliphatic heterocycles. The number of nitrogens with zero attached hydrogens (tertiary/aromatic N) is 3. The molecule has 0 atom stereocenters. The highest BCUT2D eigenvalue weighted by atomic mass is 19.1. The van der Waals surface area contributed by atoms with Crippen LogP contribution in [-0.2, 0) is 6.54 Å². The third-order valence-electron chi connectivity index (χ3n) is 3.80. The van der Waals surface area contributed by atoms with E-state index in [4.69, 9.17) is 0 Å². The van der Waals surface area contributed by atoms with Gasteiger partial charge in [-0.05, 0) is 12.1 Å². The summed E-state index contributed by atoms with van der Waals surface area (Å²) in [5, 5.41) is 0. The number of pyridine rings is 1. The molecule has 1 aliphatic rings. The molecule has 0 saturated carbocycles. The first-order valence-corrected chi connectivity index (χ1v) is 7.04. The van der Waals surface area contributed by atoms with Gasteiger partial charge in [0.05, 0.1) is 0 Å². The lowest BCUT2D eigenvalue weighted by Gasteiger charge is -2.36. The van der Waals surface area contributed by atoms with E-state index in [0.717, 1.165) is 37.4 Å². The van der Waals surface area contributed by atoms with Gasteiger partial charge in [-0.15, -0.1) is 0 Å². The van der Waals surface area contributed by atoms with E-state index in [1.807, 2.05) is 18.2 Å². The quantitative estimate of drug-likeness (QED) is 0.810. The van der Waals surface area contributed by atoms with Crippen molar-refractivity contribution < 1.29 is 8.78 Å². The van der Waals surface area contributed by atoms with Gasteiger partial charge in [0.25, 0.3) is 0 Å². The van der Waals surface area contributed by atoms with Crippen LogP contribution in [0, 0.1) is 11.8 Å². The molecule has 0 N–H and O–H groups in total. The molecule has 1 aromatic heterocycles. The maximum atomic E-state index is 13.6. The number of hydrogen-bond acceptors (Lipinski definition) is 3. The molecule has 0 radical (unpaired) electrons. The maximum Gasteiger partial charge on any atom is 0.214 e. The molecule has 0 spiro atoms. The Morgan fingerprint density at radius 3 is 2.48 bits per heavy atom. The molecule has 5 heteroatoms. The van der Waals surface area contributed by atoms with E-state index in [1.165, 1.54) is 18.3 Å². The van der Waals surface area contributed by atoms with Gasteiger partial charge in [0.1, 0.15) is 5.82 Å². The van der Waals surface area contributed by atoms with Crippen LogP contribution in [0.4, 0.5) is 14.5 Å². The summed E-state index contributed by atoms with van der Waals surface area (Å²) in [5.41, 5.74) is 1.58. The Kier molecular flexibility index (Phi) is 4.10. The van der Waals surface area contributed by atoms with E-state index in [2.05, 4.69) is 14.8 Å². The average molecular weight is 289 g/mol. The van der Waals surface area contributed by atoms with Crippen molar-refractivity contribution in [1.29, 1.82) is 0 Å². The zero-order valence-corrected chi connectivity index (χ0v) is 11.7. The smallest absolute Gasteiger partial charge is 0.214 e. The third-order valence-corrected chi connectivity index (χ3v) is 3.80. The summed E-state index contributed by atoms with van der Waals surface area (Å²) in [6.45, 7) is 3.89. The molecular formula is C16H17F2N3. The molecule has 0 aliphatic carbocycles. The first kappa shape index (κ1) is 13.9. The summed E-state index contributed by atoms with van der Waals surface area (Å²) >= 11 is 0. The van der Waals surface area contributed by atoms with Crippen molar-refractivity contribution in [2.45, 2.75) is 6.54 Å². The zero-order chi connectivity index (χ0) is 14.7. The molecule has 3 nitrogen and oxygen atoms in total. The van der Waals surface area contributed by atoms with E-state index in [0.29, 0.717) is 6.54 Å². The van der Waals surface area contributed by atoms with E-state index < -0.39 is 5.95 Å². The maximum absolute atomic E-state index is 13.6. The van der Waals surface area contributed by atoms with Gasteiger partial charge >= 0.3 is 0 Å². The Hall–Kier alpha value is -2.01. The normalized spacial score (nSPS) is 16.2. The molecule has 110 valence electrons. The number of anilines is 1. The second kappa shape index (κ2) is 6.18. The predicted octanol–water partition coefficient (Wildman–Crippen LogP) is 2.68. The minimum Gasteiger partial charge on any atom is -0.369 e. The van der Waals surface area contributed by atoms with Crippen LogP contribution < -0.4 is 4.90 Å². The Morgan fingerprint density at radius 2 is 1.76 bits per heavy atom. The minimum atomic E-state index is -0.457. The second-order valence-corrected chi connectivity index (χ2v) is 5.19. The van der Waals surface area contributed by atoms with Crippen LogP contribution in [-0.4, -0.2) is 36.1 Å². The summed E-state index contributed by atoms with van der Waals surface area (Å²) in [4.78, 5) is 7.91. The van der Waals surface area contributed by atoms with E-state index >= 15 is 0 Å². The lowest BCUT2D eigenvalue weighted by atomic mass is 10.2. The first-order chi connectivity index (χ1) is 10.2. The van der Waals surface area contributed by atoms with Gasteiger partial charge in [0.15, 0.2) is 0 Å². The molecule has 0 unspecified atom stereocenters. The number of benzene rings is 1. The van der Waals surface area contributed by atoms with Crippen LogP contribution in [0.2, 0.25) is 0 Å². The van der Waals surface area contributed by atoms with Gasteiger partial charge in [-0.1, -0.05) is 18.2 Å². The van der Waals surface area contributed by atoms with Crippen molar-refractivity contribution in [3.05, 3.63) is 59.9 Å². The van der Waals surface area contributed by atoms with Crippen molar-refractivity contribution in [3.63, 3.8) is 0 Å². The number of hydrogen-bond donors (Lipinski definition) is 0. The fraction of sp³-hybridized carbons (Fsp3) is 0.312. The van der Waals surface area contributed by atoms with Crippen molar-refractivity contribution in [2.24, 2.45) is 0 Å². The van der Waals surface area contributed by atoms with E-state index in [-0.39, 0.29) is 5.82 Å². The zero-order valence-electron chi connectivity index (χ0n) is 11.7. The summed E-state index contributed by atoms with van der Waals surface area (Å²) in [5.74, 6) is -0.613. The fourth-order valence-electron chi connectivity index (χ4n) is 2.62. The van der Waals surface area contributed by atoms with Crippen molar-refractivity contribution >= 4 is 5.69 Å². The molecule has 2 aromatic rings. The van der Waals surface area contributed by atoms with Gasteiger partial charge in [-0.2, -0.15) is 4.39 Å². The highest BCUT2D eigenvalue weighted by Crippen LogP contribution is 2.18. The molecule has 0 bridgehead atoms. The molecule has 1 saturated heterocycles. The largest absolute Gasteiger partial charge is 0.369 e. The van der Waals surface area contributed by atoms with Crippen LogP contribution in [0.1, 0.15) is 5.56 Å². The molecule has 0 amide bonds. The van der Waals surface area contributed by atoms with Gasteiger partial charge in [-0.25, -0.2) is 9.37 Å². The lowest BCUT2D eigenvalue weighted by Crippen LogP contribution is -2.46. The van der Waals surface area contributed by atoms with Gasteiger partial charge < -0.3 is 4.90 Å². The summed E-state index contributed by atoms with van der Waals surface area (Å²) in [7, 11) is 0. The van der Waals surface area contributed by atoms with Crippen molar-refractivity contribution in [2.75, 3.05) is 31.1 Å². The lowest BCUT2D eigenvalue weighted by molar-refractivity contribution is 0.246. The van der Waals surface area contributed by atoms with Crippen LogP contribution >= 0.6 is 0 Å². The summed E-state index contributed by atoms with van der Waals surface area (Å²) in [6, 6.07) is 10.1. The monoisotopic (exact) mass is 289 g/mol. The number of aromatic nitrogens is 1. The minimum absolute atomic E-state index is 0.156. The van der Waals surface area contributed by atoms with Crippen LogP contribution in [0.5, 0.6) is 0 Å². The highest BCUT2D eigenvalue weighted by Gasteiger charge is 2.18. The third kappa shape index (κ3) is 3.36. The molecule has 1 fully saturated rings. The predicted molar refractivity (Wildman–Crippen MR) is 78.1 cm³/mol. The van der Waals surface area contributed by atoms with Crippen molar-refractivity contribution in [1.82, 2.24) is 9.88 Å². The Labute approximate surface area is 122 Å². The highest BCUT2D eigenvalue weighted by molar-refractivity contribution is 5.45. The number of piperazine rings is 1. The molecular weight excluding hydrogens is 272 g/mol. The van der Waals surface area contributed by atoms with Gasteiger partial charge in [0, 0.05) is 56.2 Å². The topological polar surface area (TPSA) is 19.4 Å². The fourth-order valence-corrected chi connectivity index (χ4v) is 2.62. The standard InChI is InChI=1S/C16H17F2N3/c17-15-4-2-1-3-13(15)12-20-7-9-21(10-8-20)14-5-6-19-16(18)11-14/h1-6,11H,7-10,12H2. The number of halogens is 2. The Morgan fingerprint density at radius 1 is 1.00 bits per heavy atom. The van der Waals surface area contributed by atoms with Gasteiger partial charge in [0.2, 0.25) is 5.95 Å². The Balaban J connectivity index is 1.59. The summed E-state index contributed by atoms with van der Waals surface area (Å²) in [6.07, 6.45) is 1.48. The first-order valence-electron chi connectivity index (χ1n) is 7.04. The molecule has 2 heterocycles. The summed E-state index contributed by atoms with van der Waals surface area (Å²) < 4.78 is 26.8.